The van der Waals surface area contributed by atoms with Crippen molar-refractivity contribution in [1.82, 2.24) is 10.2 Å². The Kier molecular flexibility index (Phi) is 7.97. The molecule has 2 heterocycles. The molecule has 1 aliphatic rings. The first-order valence-corrected chi connectivity index (χ1v) is 10.4. The Hall–Kier alpha value is -2.27. The molecule has 28 heavy (non-hydrogen) atoms. The highest BCUT2D eigenvalue weighted by Gasteiger charge is 2.25. The van der Waals surface area contributed by atoms with Gasteiger partial charge in [-0.15, -0.1) is 0 Å². The van der Waals surface area contributed by atoms with Crippen LogP contribution in [0.2, 0.25) is 0 Å². The summed E-state index contributed by atoms with van der Waals surface area (Å²) >= 11 is 0. The maximum Gasteiger partial charge on any atom is 0.193 e. The van der Waals surface area contributed by atoms with Gasteiger partial charge in [0.05, 0.1) is 19.5 Å². The number of hydrogen-bond donors (Lipinski definition) is 1. The van der Waals surface area contributed by atoms with Gasteiger partial charge < -0.3 is 19.4 Å². The van der Waals surface area contributed by atoms with Crippen LogP contribution in [0.5, 0.6) is 0 Å². The van der Waals surface area contributed by atoms with Gasteiger partial charge in [0.15, 0.2) is 5.96 Å². The number of ether oxygens (including phenoxy) is 1. The van der Waals surface area contributed by atoms with Crippen molar-refractivity contribution < 1.29 is 9.15 Å². The summed E-state index contributed by atoms with van der Waals surface area (Å²) in [6.45, 7) is 9.60. The molecule has 0 radical (unpaired) electrons. The van der Waals surface area contributed by atoms with Gasteiger partial charge in [0.25, 0.3) is 0 Å². The van der Waals surface area contributed by atoms with Crippen LogP contribution < -0.4 is 5.32 Å². The van der Waals surface area contributed by atoms with Gasteiger partial charge in [-0.25, -0.2) is 0 Å². The van der Waals surface area contributed by atoms with Gasteiger partial charge >= 0.3 is 0 Å². The molecule has 1 unspecified atom stereocenters. The Bertz CT molecular complexity index is 698. The van der Waals surface area contributed by atoms with E-state index in [4.69, 9.17) is 14.1 Å². The van der Waals surface area contributed by atoms with Crippen molar-refractivity contribution in [3.05, 3.63) is 60.1 Å². The maximum absolute atomic E-state index is 5.96. The Morgan fingerprint density at radius 2 is 2.11 bits per heavy atom. The Labute approximate surface area is 168 Å². The molecule has 0 bridgehead atoms. The molecule has 152 valence electrons. The molecule has 2 aromatic rings. The molecule has 5 heteroatoms. The lowest BCUT2D eigenvalue weighted by Gasteiger charge is -2.22. The first-order valence-electron chi connectivity index (χ1n) is 10.4. The third kappa shape index (κ3) is 6.71. The summed E-state index contributed by atoms with van der Waals surface area (Å²) < 4.78 is 11.4. The number of aliphatic imine (C=N–C) groups is 1. The van der Waals surface area contributed by atoms with Gasteiger partial charge in [0.2, 0.25) is 0 Å². The fourth-order valence-corrected chi connectivity index (χ4v) is 3.37. The van der Waals surface area contributed by atoms with Gasteiger partial charge in [0.1, 0.15) is 5.76 Å². The average Bonchev–Trinajstić information content (AvgIpc) is 3.37. The van der Waals surface area contributed by atoms with Gasteiger partial charge in [0, 0.05) is 38.5 Å². The van der Waals surface area contributed by atoms with E-state index in [-0.39, 0.29) is 0 Å². The second-order valence-electron chi connectivity index (χ2n) is 7.92. The minimum absolute atomic E-state index is 0.550. The van der Waals surface area contributed by atoms with Gasteiger partial charge in [-0.1, -0.05) is 44.2 Å². The quantitative estimate of drug-likeness (QED) is 0.526. The molecule has 1 N–H and O–H groups in total. The summed E-state index contributed by atoms with van der Waals surface area (Å²) in [6.07, 6.45) is 3.74. The zero-order valence-electron chi connectivity index (χ0n) is 17.1. The van der Waals surface area contributed by atoms with Crippen LogP contribution in [0.3, 0.4) is 0 Å². The zero-order valence-corrected chi connectivity index (χ0v) is 17.1. The van der Waals surface area contributed by atoms with E-state index in [1.54, 1.807) is 6.26 Å². The van der Waals surface area contributed by atoms with E-state index in [2.05, 4.69) is 48.3 Å². The molecule has 0 spiro atoms. The van der Waals surface area contributed by atoms with E-state index in [1.807, 2.05) is 18.2 Å². The number of nitrogens with one attached hydrogen (secondary N) is 1. The monoisotopic (exact) mass is 383 g/mol. The van der Waals surface area contributed by atoms with Gasteiger partial charge in [-0.05, 0) is 30.0 Å². The number of furan rings is 1. The van der Waals surface area contributed by atoms with Gasteiger partial charge in [-0.2, -0.15) is 0 Å². The molecular formula is C23H33N3O2. The Morgan fingerprint density at radius 1 is 1.25 bits per heavy atom. The second kappa shape index (κ2) is 10.9. The van der Waals surface area contributed by atoms with Crippen LogP contribution in [0, 0.1) is 11.8 Å². The number of guanidine groups is 1. The van der Waals surface area contributed by atoms with E-state index < -0.39 is 0 Å². The van der Waals surface area contributed by atoms with E-state index in [9.17, 15) is 0 Å². The Morgan fingerprint density at radius 3 is 2.86 bits per heavy atom. The number of likely N-dealkylation sites (tertiary alicyclic amines) is 1. The molecule has 0 saturated carbocycles. The SMILES string of the molecule is CC(C)CN=C(NCCc1ccco1)N1CCC(COCc2ccccc2)C1. The lowest BCUT2D eigenvalue weighted by atomic mass is 10.1. The molecule has 1 saturated heterocycles. The highest BCUT2D eigenvalue weighted by molar-refractivity contribution is 5.80. The summed E-state index contributed by atoms with van der Waals surface area (Å²) in [7, 11) is 0. The van der Waals surface area contributed by atoms with E-state index in [1.165, 1.54) is 5.56 Å². The second-order valence-corrected chi connectivity index (χ2v) is 7.92. The molecule has 0 aliphatic carbocycles. The lowest BCUT2D eigenvalue weighted by molar-refractivity contribution is 0.0906. The highest BCUT2D eigenvalue weighted by Crippen LogP contribution is 2.17. The summed E-state index contributed by atoms with van der Waals surface area (Å²) in [5, 5.41) is 3.53. The first-order chi connectivity index (χ1) is 13.7. The fraction of sp³-hybridized carbons (Fsp3) is 0.522. The number of benzene rings is 1. The molecule has 1 aromatic carbocycles. The van der Waals surface area contributed by atoms with Crippen LogP contribution in [-0.2, 0) is 17.8 Å². The molecule has 1 aliphatic heterocycles. The van der Waals surface area contributed by atoms with Crippen molar-refractivity contribution in [1.29, 1.82) is 0 Å². The third-order valence-electron chi connectivity index (χ3n) is 4.89. The van der Waals surface area contributed by atoms with Crippen LogP contribution in [0.25, 0.3) is 0 Å². The average molecular weight is 384 g/mol. The van der Waals surface area contributed by atoms with E-state index in [0.717, 1.165) is 57.3 Å². The molecular weight excluding hydrogens is 350 g/mol. The molecule has 1 aromatic heterocycles. The molecule has 0 amide bonds. The minimum Gasteiger partial charge on any atom is -0.469 e. The molecule has 3 rings (SSSR count). The molecule has 5 nitrogen and oxygen atoms in total. The van der Waals surface area contributed by atoms with Crippen LogP contribution in [0.15, 0.2) is 58.1 Å². The van der Waals surface area contributed by atoms with Crippen molar-refractivity contribution in [3.63, 3.8) is 0 Å². The predicted molar refractivity (Wildman–Crippen MR) is 113 cm³/mol. The van der Waals surface area contributed by atoms with Crippen molar-refractivity contribution in [2.45, 2.75) is 33.3 Å². The van der Waals surface area contributed by atoms with Crippen molar-refractivity contribution in [2.75, 3.05) is 32.8 Å². The topological polar surface area (TPSA) is 50.0 Å². The smallest absolute Gasteiger partial charge is 0.193 e. The van der Waals surface area contributed by atoms with E-state index >= 15 is 0 Å². The number of nitrogens with zero attached hydrogens (tertiary/aromatic N) is 2. The first kappa shape index (κ1) is 20.5. The van der Waals surface area contributed by atoms with Crippen molar-refractivity contribution >= 4 is 5.96 Å². The predicted octanol–water partition coefficient (Wildman–Crippen LogP) is 3.96. The van der Waals surface area contributed by atoms with Gasteiger partial charge in [-0.3, -0.25) is 4.99 Å². The summed E-state index contributed by atoms with van der Waals surface area (Å²) in [6, 6.07) is 14.3. The standard InChI is InChI=1S/C23H33N3O2/c1-19(2)15-25-23(24-12-10-22-9-6-14-28-22)26-13-11-21(16-26)18-27-17-20-7-4-3-5-8-20/h3-9,14,19,21H,10-13,15-18H2,1-2H3,(H,24,25). The number of hydrogen-bond acceptors (Lipinski definition) is 3. The third-order valence-corrected chi connectivity index (χ3v) is 4.89. The van der Waals surface area contributed by atoms with E-state index in [0.29, 0.717) is 18.4 Å². The maximum atomic E-state index is 5.96. The summed E-state index contributed by atoms with van der Waals surface area (Å²) in [5.41, 5.74) is 1.23. The molecule has 1 fully saturated rings. The lowest BCUT2D eigenvalue weighted by Crippen LogP contribution is -2.41. The van der Waals surface area contributed by atoms with Crippen LogP contribution in [0.1, 0.15) is 31.6 Å². The van der Waals surface area contributed by atoms with Crippen LogP contribution in [-0.4, -0.2) is 43.6 Å². The fourth-order valence-electron chi connectivity index (χ4n) is 3.37. The molecule has 1 atom stereocenters. The Balaban J connectivity index is 1.45. The summed E-state index contributed by atoms with van der Waals surface area (Å²) in [5.74, 6) is 3.13. The largest absolute Gasteiger partial charge is 0.469 e. The number of rotatable bonds is 9. The summed E-state index contributed by atoms with van der Waals surface area (Å²) in [4.78, 5) is 7.22. The minimum atomic E-state index is 0.550. The highest BCUT2D eigenvalue weighted by atomic mass is 16.5. The van der Waals surface area contributed by atoms with Crippen LogP contribution in [0.4, 0.5) is 0 Å². The van der Waals surface area contributed by atoms with Crippen molar-refractivity contribution in [2.24, 2.45) is 16.8 Å². The normalized spacial score (nSPS) is 17.5. The van der Waals surface area contributed by atoms with Crippen LogP contribution >= 0.6 is 0 Å². The zero-order chi connectivity index (χ0) is 19.6. The van der Waals surface area contributed by atoms with Crippen molar-refractivity contribution in [3.8, 4) is 0 Å².